The summed E-state index contributed by atoms with van der Waals surface area (Å²) in [7, 11) is -3.76. The van der Waals surface area contributed by atoms with E-state index in [9.17, 15) is 26.4 Å². The van der Waals surface area contributed by atoms with Gasteiger partial charge in [-0.1, -0.05) is 0 Å². The summed E-state index contributed by atoms with van der Waals surface area (Å²) in [5, 5.41) is 10.6. The van der Waals surface area contributed by atoms with E-state index in [1.165, 1.54) is 28.6 Å². The Morgan fingerprint density at radius 1 is 1.24 bits per heavy atom. The van der Waals surface area contributed by atoms with Crippen LogP contribution in [0.5, 0.6) is 0 Å². The summed E-state index contributed by atoms with van der Waals surface area (Å²) in [4.78, 5) is 11.8. The third kappa shape index (κ3) is 4.93. The van der Waals surface area contributed by atoms with Gasteiger partial charge >= 0.3 is 6.18 Å². The first kappa shape index (κ1) is 19.2. The largest absolute Gasteiger partial charge is 0.405 e. The summed E-state index contributed by atoms with van der Waals surface area (Å²) in [6.07, 6.45) is -4.17. The maximum atomic E-state index is 12.5. The van der Waals surface area contributed by atoms with Gasteiger partial charge in [0.2, 0.25) is 15.9 Å². The molecule has 0 bridgehead atoms. The smallest absolute Gasteiger partial charge is 0.347 e. The molecular formula is C15H16F3N3O3S. The Hall–Kier alpha value is -2.12. The highest BCUT2D eigenvalue weighted by atomic mass is 32.2. The number of carbonyl (C=O) groups is 1. The molecule has 0 aromatic heterocycles. The van der Waals surface area contributed by atoms with E-state index in [1.807, 2.05) is 11.4 Å². The molecule has 25 heavy (non-hydrogen) atoms. The predicted octanol–water partition coefficient (Wildman–Crippen LogP) is 1.64. The number of hydrogen-bond acceptors (Lipinski definition) is 4. The second-order valence-corrected chi connectivity index (χ2v) is 7.59. The van der Waals surface area contributed by atoms with Crippen LogP contribution in [0.3, 0.4) is 0 Å². The highest BCUT2D eigenvalue weighted by molar-refractivity contribution is 7.89. The minimum absolute atomic E-state index is 0.0338. The Balaban J connectivity index is 1.96. The van der Waals surface area contributed by atoms with Gasteiger partial charge in [-0.2, -0.15) is 22.7 Å². The first-order chi connectivity index (χ1) is 11.6. The summed E-state index contributed by atoms with van der Waals surface area (Å²) in [6.45, 7) is -1.30. The van der Waals surface area contributed by atoms with Gasteiger partial charge in [0.1, 0.15) is 6.54 Å². The SMILES string of the molecule is N#Cc1ccc(S(=O)(=O)N2CCC(C(=O)NCC(F)(F)F)CC2)cc1. The van der Waals surface area contributed by atoms with E-state index in [0.717, 1.165) is 0 Å². The molecule has 1 heterocycles. The quantitative estimate of drug-likeness (QED) is 0.866. The highest BCUT2D eigenvalue weighted by Crippen LogP contribution is 2.24. The van der Waals surface area contributed by atoms with Crippen molar-refractivity contribution >= 4 is 15.9 Å². The van der Waals surface area contributed by atoms with Crippen molar-refractivity contribution in [3.63, 3.8) is 0 Å². The van der Waals surface area contributed by atoms with Gasteiger partial charge in [-0.15, -0.1) is 0 Å². The molecule has 2 rings (SSSR count). The normalized spacial score (nSPS) is 17.0. The lowest BCUT2D eigenvalue weighted by atomic mass is 9.97. The molecule has 1 N–H and O–H groups in total. The molecular weight excluding hydrogens is 359 g/mol. The van der Waals surface area contributed by atoms with Crippen molar-refractivity contribution in [1.29, 1.82) is 5.26 Å². The minimum Gasteiger partial charge on any atom is -0.347 e. The van der Waals surface area contributed by atoms with Gasteiger partial charge in [-0.3, -0.25) is 4.79 Å². The van der Waals surface area contributed by atoms with E-state index >= 15 is 0 Å². The fourth-order valence-corrected chi connectivity index (χ4v) is 4.01. The van der Waals surface area contributed by atoms with Gasteiger partial charge in [0.15, 0.2) is 0 Å². The Morgan fingerprint density at radius 2 is 1.80 bits per heavy atom. The standard InChI is InChI=1S/C15H16F3N3O3S/c16-15(17,18)10-20-14(22)12-5-7-21(8-6-12)25(23,24)13-3-1-11(9-19)2-4-13/h1-4,12H,5-8,10H2,(H,20,22). The molecule has 1 fully saturated rings. The molecule has 1 aliphatic heterocycles. The summed E-state index contributed by atoms with van der Waals surface area (Å²) >= 11 is 0. The van der Waals surface area contributed by atoms with Crippen LogP contribution in [0.4, 0.5) is 13.2 Å². The van der Waals surface area contributed by atoms with Crippen LogP contribution < -0.4 is 5.32 Å². The van der Waals surface area contributed by atoms with Gasteiger partial charge in [0.25, 0.3) is 0 Å². The first-order valence-electron chi connectivity index (χ1n) is 7.48. The number of nitriles is 1. The van der Waals surface area contributed by atoms with E-state index in [4.69, 9.17) is 5.26 Å². The van der Waals surface area contributed by atoms with E-state index in [1.54, 1.807) is 0 Å². The van der Waals surface area contributed by atoms with Gasteiger partial charge in [0, 0.05) is 19.0 Å². The van der Waals surface area contributed by atoms with E-state index in [-0.39, 0.29) is 30.8 Å². The van der Waals surface area contributed by atoms with Crippen LogP contribution in [0.1, 0.15) is 18.4 Å². The van der Waals surface area contributed by atoms with E-state index in [2.05, 4.69) is 0 Å². The van der Waals surface area contributed by atoms with Crippen molar-refractivity contribution < 1.29 is 26.4 Å². The van der Waals surface area contributed by atoms with Crippen molar-refractivity contribution in [1.82, 2.24) is 9.62 Å². The zero-order chi connectivity index (χ0) is 18.7. The zero-order valence-corrected chi connectivity index (χ0v) is 13.9. The van der Waals surface area contributed by atoms with Crippen LogP contribution in [0, 0.1) is 17.2 Å². The molecule has 0 unspecified atom stereocenters. The van der Waals surface area contributed by atoms with Crippen LogP contribution in [-0.2, 0) is 14.8 Å². The Labute approximate surface area is 143 Å². The number of sulfonamides is 1. The molecule has 0 spiro atoms. The van der Waals surface area contributed by atoms with Crippen molar-refractivity contribution in [3.05, 3.63) is 29.8 Å². The zero-order valence-electron chi connectivity index (χ0n) is 13.1. The minimum atomic E-state index is -4.48. The van der Waals surface area contributed by atoms with Crippen LogP contribution in [-0.4, -0.2) is 44.4 Å². The molecule has 1 saturated heterocycles. The fourth-order valence-electron chi connectivity index (χ4n) is 2.54. The lowest BCUT2D eigenvalue weighted by Crippen LogP contribution is -2.44. The van der Waals surface area contributed by atoms with E-state index < -0.39 is 34.6 Å². The number of halogens is 3. The van der Waals surface area contributed by atoms with Crippen molar-refractivity contribution in [2.24, 2.45) is 5.92 Å². The highest BCUT2D eigenvalue weighted by Gasteiger charge is 2.34. The number of rotatable bonds is 4. The molecule has 10 heteroatoms. The topological polar surface area (TPSA) is 90.3 Å². The number of piperidine rings is 1. The molecule has 0 saturated carbocycles. The molecule has 136 valence electrons. The second-order valence-electron chi connectivity index (χ2n) is 5.65. The summed E-state index contributed by atoms with van der Waals surface area (Å²) < 4.78 is 62.6. The number of carbonyl (C=O) groups excluding carboxylic acids is 1. The number of amides is 1. The number of benzene rings is 1. The van der Waals surface area contributed by atoms with Crippen molar-refractivity contribution in [3.8, 4) is 6.07 Å². The molecule has 0 aliphatic carbocycles. The number of hydrogen-bond donors (Lipinski definition) is 1. The third-order valence-corrected chi connectivity index (χ3v) is 5.82. The lowest BCUT2D eigenvalue weighted by molar-refractivity contribution is -0.141. The van der Waals surface area contributed by atoms with Gasteiger partial charge in [-0.05, 0) is 37.1 Å². The molecule has 1 amide bonds. The van der Waals surface area contributed by atoms with Crippen molar-refractivity contribution in [2.75, 3.05) is 19.6 Å². The van der Waals surface area contributed by atoms with Crippen LogP contribution in [0.2, 0.25) is 0 Å². The Morgan fingerprint density at radius 3 is 2.28 bits per heavy atom. The second kappa shape index (κ2) is 7.41. The van der Waals surface area contributed by atoms with Gasteiger partial charge in [0.05, 0.1) is 16.5 Å². The number of alkyl halides is 3. The molecule has 0 radical (unpaired) electrons. The monoisotopic (exact) mass is 375 g/mol. The van der Waals surface area contributed by atoms with Crippen molar-refractivity contribution in [2.45, 2.75) is 23.9 Å². The molecule has 6 nitrogen and oxygen atoms in total. The first-order valence-corrected chi connectivity index (χ1v) is 8.92. The van der Waals surface area contributed by atoms with Crippen LogP contribution >= 0.6 is 0 Å². The summed E-state index contributed by atoms with van der Waals surface area (Å²) in [5.74, 6) is -1.36. The average Bonchev–Trinajstić information content (AvgIpc) is 2.59. The molecule has 1 aliphatic rings. The number of nitrogens with one attached hydrogen (secondary N) is 1. The Bertz CT molecular complexity index is 762. The average molecular weight is 375 g/mol. The summed E-state index contributed by atoms with van der Waals surface area (Å²) in [5.41, 5.74) is 0.332. The van der Waals surface area contributed by atoms with E-state index in [0.29, 0.717) is 5.56 Å². The maximum Gasteiger partial charge on any atom is 0.405 e. The molecule has 0 atom stereocenters. The van der Waals surface area contributed by atoms with Crippen LogP contribution in [0.25, 0.3) is 0 Å². The number of nitrogens with zero attached hydrogens (tertiary/aromatic N) is 2. The molecule has 1 aromatic carbocycles. The third-order valence-electron chi connectivity index (χ3n) is 3.91. The lowest BCUT2D eigenvalue weighted by Gasteiger charge is -2.30. The van der Waals surface area contributed by atoms with Crippen LogP contribution in [0.15, 0.2) is 29.2 Å². The van der Waals surface area contributed by atoms with Gasteiger partial charge in [-0.25, -0.2) is 8.42 Å². The maximum absolute atomic E-state index is 12.5. The van der Waals surface area contributed by atoms with Gasteiger partial charge < -0.3 is 5.32 Å². The predicted molar refractivity (Wildman–Crippen MR) is 81.7 cm³/mol. The Kier molecular flexibility index (Phi) is 5.69. The molecule has 1 aromatic rings. The fraction of sp³-hybridized carbons (Fsp3) is 0.467. The summed E-state index contributed by atoms with van der Waals surface area (Å²) in [6, 6.07) is 7.34.